The summed E-state index contributed by atoms with van der Waals surface area (Å²) >= 11 is 1.53. The Kier molecular flexibility index (Phi) is 5.80. The first-order valence-corrected chi connectivity index (χ1v) is 8.87. The zero-order valence-corrected chi connectivity index (χ0v) is 15.0. The van der Waals surface area contributed by atoms with Crippen LogP contribution in [0.15, 0.2) is 52.5 Å². The first kappa shape index (κ1) is 17.9. The van der Waals surface area contributed by atoms with Crippen molar-refractivity contribution in [1.82, 2.24) is 4.98 Å². The second-order valence-corrected chi connectivity index (χ2v) is 6.41. The van der Waals surface area contributed by atoms with Crippen molar-refractivity contribution in [2.45, 2.75) is 20.0 Å². The number of nitrogens with zero attached hydrogens (tertiary/aromatic N) is 1. The molecule has 0 atom stereocenters. The molecule has 0 radical (unpaired) electrons. The number of oxazole rings is 1. The van der Waals surface area contributed by atoms with E-state index >= 15 is 0 Å². The van der Waals surface area contributed by atoms with Gasteiger partial charge in [-0.2, -0.15) is 0 Å². The molecule has 1 aromatic carbocycles. The molecule has 0 spiro atoms. The Labute approximate surface area is 154 Å². The number of esters is 1. The van der Waals surface area contributed by atoms with E-state index in [0.717, 1.165) is 4.88 Å². The third-order valence-corrected chi connectivity index (χ3v) is 4.36. The lowest BCUT2D eigenvalue weighted by Crippen LogP contribution is -2.10. The molecule has 0 unspecified atom stereocenters. The lowest BCUT2D eigenvalue weighted by atomic mass is 10.1. The number of carbonyl (C=O) groups is 2. The lowest BCUT2D eigenvalue weighted by molar-refractivity contribution is -0.145. The first-order chi connectivity index (χ1) is 12.6. The van der Waals surface area contributed by atoms with Crippen LogP contribution in [0.4, 0.5) is 0 Å². The molecular formula is C19H17NO5S. The Balaban J connectivity index is 1.40. The molecule has 3 rings (SSSR count). The van der Waals surface area contributed by atoms with Crippen LogP contribution >= 0.6 is 11.3 Å². The molecule has 3 aromatic rings. The van der Waals surface area contributed by atoms with Gasteiger partial charge in [0.25, 0.3) is 0 Å². The van der Waals surface area contributed by atoms with Gasteiger partial charge in [0.05, 0.1) is 17.9 Å². The van der Waals surface area contributed by atoms with Crippen LogP contribution in [0, 0.1) is 0 Å². The van der Waals surface area contributed by atoms with Crippen LogP contribution in [0.1, 0.15) is 29.4 Å². The maximum atomic E-state index is 11.8. The maximum Gasteiger partial charge on any atom is 0.309 e. The summed E-state index contributed by atoms with van der Waals surface area (Å²) in [4.78, 5) is 28.2. The van der Waals surface area contributed by atoms with Gasteiger partial charge in [0.15, 0.2) is 5.78 Å². The average Bonchev–Trinajstić information content (AvgIpc) is 3.32. The minimum absolute atomic E-state index is 0.00443. The van der Waals surface area contributed by atoms with Crippen LogP contribution in [0.25, 0.3) is 10.8 Å². The molecule has 0 amide bonds. The van der Waals surface area contributed by atoms with Gasteiger partial charge in [-0.3, -0.25) is 9.59 Å². The zero-order chi connectivity index (χ0) is 18.4. The van der Waals surface area contributed by atoms with Gasteiger partial charge in [0, 0.05) is 5.56 Å². The Hall–Kier alpha value is -2.93. The Morgan fingerprint density at radius 2 is 2.00 bits per heavy atom. The van der Waals surface area contributed by atoms with Crippen molar-refractivity contribution in [2.75, 3.05) is 6.61 Å². The lowest BCUT2D eigenvalue weighted by Gasteiger charge is -2.06. The summed E-state index contributed by atoms with van der Waals surface area (Å²) in [6.07, 6.45) is 1.60. The van der Waals surface area contributed by atoms with E-state index in [4.69, 9.17) is 13.9 Å². The van der Waals surface area contributed by atoms with Gasteiger partial charge >= 0.3 is 5.97 Å². The highest BCUT2D eigenvalue weighted by atomic mass is 32.1. The summed E-state index contributed by atoms with van der Waals surface area (Å²) in [5.41, 5.74) is 1.17. The fourth-order valence-electron chi connectivity index (χ4n) is 2.15. The summed E-state index contributed by atoms with van der Waals surface area (Å²) in [5, 5.41) is 1.94. The summed E-state index contributed by atoms with van der Waals surface area (Å²) in [6.45, 7) is 1.75. The number of aromatic nitrogens is 1. The summed E-state index contributed by atoms with van der Waals surface area (Å²) in [5.74, 6) is 0.726. The van der Waals surface area contributed by atoms with E-state index in [9.17, 15) is 9.59 Å². The smallest absolute Gasteiger partial charge is 0.309 e. The van der Waals surface area contributed by atoms with E-state index in [1.54, 1.807) is 24.3 Å². The minimum atomic E-state index is -0.383. The van der Waals surface area contributed by atoms with Crippen molar-refractivity contribution in [3.63, 3.8) is 0 Å². The highest BCUT2D eigenvalue weighted by Gasteiger charge is 2.10. The number of carbonyl (C=O) groups excluding carboxylic acids is 2. The number of rotatable bonds is 8. The molecule has 0 N–H and O–H groups in total. The quantitative estimate of drug-likeness (QED) is 0.438. The fourth-order valence-corrected chi connectivity index (χ4v) is 2.81. The minimum Gasteiger partial charge on any atom is -0.493 e. The molecular weight excluding hydrogens is 354 g/mol. The van der Waals surface area contributed by atoms with E-state index in [0.29, 0.717) is 22.9 Å². The normalized spacial score (nSPS) is 10.5. The van der Waals surface area contributed by atoms with Crippen LogP contribution in [-0.4, -0.2) is 23.3 Å². The predicted molar refractivity (Wildman–Crippen MR) is 96.2 cm³/mol. The van der Waals surface area contributed by atoms with Crippen molar-refractivity contribution in [3.05, 3.63) is 59.3 Å². The molecule has 26 heavy (non-hydrogen) atoms. The second kappa shape index (κ2) is 8.44. The summed E-state index contributed by atoms with van der Waals surface area (Å²) in [6, 6.07) is 10.6. The van der Waals surface area contributed by atoms with Crippen LogP contribution in [0.2, 0.25) is 0 Å². The molecule has 0 aliphatic rings. The van der Waals surface area contributed by atoms with E-state index in [2.05, 4.69) is 4.98 Å². The number of ketones is 1. The van der Waals surface area contributed by atoms with Gasteiger partial charge < -0.3 is 13.9 Å². The monoisotopic (exact) mass is 371 g/mol. The van der Waals surface area contributed by atoms with Crippen molar-refractivity contribution in [2.24, 2.45) is 0 Å². The largest absolute Gasteiger partial charge is 0.493 e. The van der Waals surface area contributed by atoms with Crippen LogP contribution in [0.3, 0.4) is 0 Å². The topological polar surface area (TPSA) is 78.6 Å². The summed E-state index contributed by atoms with van der Waals surface area (Å²) in [7, 11) is 0. The number of thiophene rings is 1. The van der Waals surface area contributed by atoms with E-state index in [1.807, 2.05) is 17.5 Å². The van der Waals surface area contributed by atoms with Gasteiger partial charge in [0.2, 0.25) is 5.89 Å². The number of hydrogen-bond donors (Lipinski definition) is 0. The van der Waals surface area contributed by atoms with Gasteiger partial charge in [0.1, 0.15) is 24.3 Å². The second-order valence-electron chi connectivity index (χ2n) is 5.46. The Morgan fingerprint density at radius 3 is 2.69 bits per heavy atom. The Morgan fingerprint density at radius 1 is 1.19 bits per heavy atom. The predicted octanol–water partition coefficient (Wildman–Crippen LogP) is 4.12. The fraction of sp³-hybridized carbons (Fsp3) is 0.211. The molecule has 0 bridgehead atoms. The van der Waals surface area contributed by atoms with E-state index < -0.39 is 0 Å². The van der Waals surface area contributed by atoms with Crippen LogP contribution < -0.4 is 4.74 Å². The summed E-state index contributed by atoms with van der Waals surface area (Å²) < 4.78 is 16.0. The van der Waals surface area contributed by atoms with Crippen LogP contribution in [0.5, 0.6) is 5.75 Å². The molecule has 0 saturated heterocycles. The van der Waals surface area contributed by atoms with Gasteiger partial charge in [-0.05, 0) is 42.6 Å². The molecule has 7 heteroatoms. The van der Waals surface area contributed by atoms with Crippen molar-refractivity contribution >= 4 is 23.1 Å². The average molecular weight is 371 g/mol. The van der Waals surface area contributed by atoms with Crippen LogP contribution in [-0.2, 0) is 16.1 Å². The molecule has 134 valence electrons. The molecule has 0 fully saturated rings. The molecule has 0 aliphatic heterocycles. The standard InChI is InChI=1S/C19H17NO5S/c1-13(21)14-4-6-16(7-5-14)23-9-8-18(22)24-11-15-12-25-19(20-15)17-3-2-10-26-17/h2-7,10,12H,8-9,11H2,1H3. The van der Waals surface area contributed by atoms with Crippen molar-refractivity contribution < 1.29 is 23.5 Å². The number of ether oxygens (including phenoxy) is 2. The van der Waals surface area contributed by atoms with Gasteiger partial charge in [-0.1, -0.05) is 6.07 Å². The SMILES string of the molecule is CC(=O)c1ccc(OCCC(=O)OCc2coc(-c3cccs3)n2)cc1. The van der Waals surface area contributed by atoms with Gasteiger partial charge in [-0.15, -0.1) is 11.3 Å². The number of Topliss-reactive ketones (excluding diaryl/α,β-unsaturated/α-hetero) is 1. The highest BCUT2D eigenvalue weighted by Crippen LogP contribution is 2.23. The molecule has 2 aromatic heterocycles. The third-order valence-electron chi connectivity index (χ3n) is 3.50. The molecule has 0 saturated carbocycles. The Bertz CT molecular complexity index is 868. The number of hydrogen-bond acceptors (Lipinski definition) is 7. The van der Waals surface area contributed by atoms with Crippen molar-refractivity contribution in [1.29, 1.82) is 0 Å². The molecule has 6 nitrogen and oxygen atoms in total. The first-order valence-electron chi connectivity index (χ1n) is 7.99. The zero-order valence-electron chi connectivity index (χ0n) is 14.1. The molecule has 2 heterocycles. The molecule has 0 aliphatic carbocycles. The van der Waals surface area contributed by atoms with E-state index in [1.165, 1.54) is 24.5 Å². The highest BCUT2D eigenvalue weighted by molar-refractivity contribution is 7.13. The number of benzene rings is 1. The van der Waals surface area contributed by atoms with Crippen molar-refractivity contribution in [3.8, 4) is 16.5 Å². The van der Waals surface area contributed by atoms with Gasteiger partial charge in [-0.25, -0.2) is 4.98 Å². The third kappa shape index (κ3) is 4.80. The van der Waals surface area contributed by atoms with E-state index in [-0.39, 0.29) is 31.4 Å². The maximum absolute atomic E-state index is 11.8.